The number of phenolic OH excluding ortho intramolecular Hbond substituents is 1. The number of hydrogen-bond donors (Lipinski definition) is 2. The van der Waals surface area contributed by atoms with E-state index in [2.05, 4.69) is 5.32 Å². The number of methoxy groups -OCH3 is 1. The average Bonchev–Trinajstić information content (AvgIpc) is 2.42. The molecule has 2 N–H and O–H groups in total. The maximum absolute atomic E-state index is 11.8. The maximum atomic E-state index is 11.8. The van der Waals surface area contributed by atoms with Crippen molar-refractivity contribution in [2.24, 2.45) is 0 Å². The van der Waals surface area contributed by atoms with Gasteiger partial charge in [-0.25, -0.2) is 0 Å². The molecule has 1 aromatic rings. The highest BCUT2D eigenvalue weighted by molar-refractivity contribution is 5.94. The van der Waals surface area contributed by atoms with E-state index in [-0.39, 0.29) is 11.7 Å². The fourth-order valence-corrected chi connectivity index (χ4v) is 1.52. The monoisotopic (exact) mass is 282 g/mol. The Kier molecular flexibility index (Phi) is 6.83. The molecule has 0 atom stereocenters. The molecular weight excluding hydrogens is 260 g/mol. The quantitative estimate of drug-likeness (QED) is 0.687. The van der Waals surface area contributed by atoms with Crippen molar-refractivity contribution >= 4 is 5.91 Å². The van der Waals surface area contributed by atoms with Gasteiger partial charge in [-0.2, -0.15) is 0 Å². The third-order valence-corrected chi connectivity index (χ3v) is 2.66. The molecule has 0 spiro atoms. The summed E-state index contributed by atoms with van der Waals surface area (Å²) in [4.78, 5) is 13.8. The number of carbonyl (C=O) groups is 1. The molecule has 0 fully saturated rings. The van der Waals surface area contributed by atoms with E-state index < -0.39 is 0 Å². The van der Waals surface area contributed by atoms with Gasteiger partial charge < -0.3 is 24.8 Å². The molecule has 0 aliphatic rings. The molecule has 1 amide bonds. The number of hydrogen-bond acceptors (Lipinski definition) is 5. The second kappa shape index (κ2) is 8.39. The van der Waals surface area contributed by atoms with Crippen molar-refractivity contribution in [2.45, 2.75) is 0 Å². The molecule has 0 saturated heterocycles. The summed E-state index contributed by atoms with van der Waals surface area (Å²) in [6, 6.07) is 4.53. The Morgan fingerprint density at radius 3 is 2.70 bits per heavy atom. The van der Waals surface area contributed by atoms with Crippen LogP contribution in [0.2, 0.25) is 0 Å². The van der Waals surface area contributed by atoms with E-state index in [0.29, 0.717) is 31.1 Å². The molecule has 6 nitrogen and oxygen atoms in total. The highest BCUT2D eigenvalue weighted by Crippen LogP contribution is 2.25. The molecule has 0 unspecified atom stereocenters. The first-order valence-electron chi connectivity index (χ1n) is 6.42. The summed E-state index contributed by atoms with van der Waals surface area (Å²) < 4.78 is 10.3. The summed E-state index contributed by atoms with van der Waals surface area (Å²) in [5.74, 6) is 0.0371. The van der Waals surface area contributed by atoms with Crippen LogP contribution in [0.3, 0.4) is 0 Å². The molecule has 20 heavy (non-hydrogen) atoms. The lowest BCUT2D eigenvalue weighted by molar-refractivity contribution is 0.0900. The topological polar surface area (TPSA) is 71.0 Å². The number of rotatable bonds is 8. The van der Waals surface area contributed by atoms with Gasteiger partial charge >= 0.3 is 0 Å². The van der Waals surface area contributed by atoms with Crippen LogP contribution in [0, 0.1) is 0 Å². The Labute approximate surface area is 119 Å². The van der Waals surface area contributed by atoms with Gasteiger partial charge in [-0.15, -0.1) is 0 Å². The van der Waals surface area contributed by atoms with Crippen LogP contribution in [0.25, 0.3) is 0 Å². The lowest BCUT2D eigenvalue weighted by atomic mass is 10.2. The summed E-state index contributed by atoms with van der Waals surface area (Å²) in [6.07, 6.45) is 0. The number of nitrogens with one attached hydrogen (secondary N) is 1. The Balaban J connectivity index is 2.31. The predicted molar refractivity (Wildman–Crippen MR) is 76.4 cm³/mol. The van der Waals surface area contributed by atoms with E-state index in [1.807, 2.05) is 19.0 Å². The molecule has 1 aromatic carbocycles. The van der Waals surface area contributed by atoms with Crippen LogP contribution in [0.15, 0.2) is 18.2 Å². The predicted octanol–water partition coefficient (Wildman–Crippen LogP) is 0.709. The molecule has 1 rings (SSSR count). The standard InChI is InChI=1S/C14H22N2O4/c1-16(2)7-9-20-8-6-15-14(18)11-4-5-13(19-3)12(17)10-11/h4-5,10,17H,6-9H2,1-3H3,(H,15,18). The number of phenols is 1. The zero-order chi connectivity index (χ0) is 15.0. The number of carbonyl (C=O) groups excluding carboxylic acids is 1. The number of aromatic hydroxyl groups is 1. The van der Waals surface area contributed by atoms with Crippen molar-refractivity contribution in [1.29, 1.82) is 0 Å². The molecule has 0 radical (unpaired) electrons. The third kappa shape index (κ3) is 5.46. The first-order chi connectivity index (χ1) is 9.54. The Morgan fingerprint density at radius 1 is 1.35 bits per heavy atom. The lowest BCUT2D eigenvalue weighted by Gasteiger charge is -2.10. The molecule has 0 bridgehead atoms. The van der Waals surface area contributed by atoms with Crippen molar-refractivity contribution in [3.8, 4) is 11.5 Å². The third-order valence-electron chi connectivity index (χ3n) is 2.66. The minimum absolute atomic E-state index is 0.0533. The summed E-state index contributed by atoms with van der Waals surface area (Å²) in [7, 11) is 5.41. The first-order valence-corrected chi connectivity index (χ1v) is 6.42. The molecule has 0 saturated carbocycles. The molecular formula is C14H22N2O4. The number of nitrogens with zero attached hydrogens (tertiary/aromatic N) is 1. The van der Waals surface area contributed by atoms with Crippen molar-refractivity contribution in [3.05, 3.63) is 23.8 Å². The normalized spacial score (nSPS) is 10.6. The first kappa shape index (κ1) is 16.3. The SMILES string of the molecule is COc1ccc(C(=O)NCCOCCN(C)C)cc1O. The zero-order valence-electron chi connectivity index (χ0n) is 12.2. The minimum atomic E-state index is -0.251. The van der Waals surface area contributed by atoms with Crippen LogP contribution in [0.1, 0.15) is 10.4 Å². The van der Waals surface area contributed by atoms with Crippen LogP contribution in [-0.2, 0) is 4.74 Å². The molecule has 0 aliphatic carbocycles. The summed E-state index contributed by atoms with van der Waals surface area (Å²) in [5, 5.41) is 12.3. The fraction of sp³-hybridized carbons (Fsp3) is 0.500. The molecule has 0 aliphatic heterocycles. The van der Waals surface area contributed by atoms with E-state index in [0.717, 1.165) is 6.54 Å². The summed E-state index contributed by atoms with van der Waals surface area (Å²) in [5.41, 5.74) is 0.386. The average molecular weight is 282 g/mol. The van der Waals surface area contributed by atoms with Crippen molar-refractivity contribution in [3.63, 3.8) is 0 Å². The second-order valence-corrected chi connectivity index (χ2v) is 4.56. The zero-order valence-corrected chi connectivity index (χ0v) is 12.2. The van der Waals surface area contributed by atoms with Gasteiger partial charge in [-0.05, 0) is 32.3 Å². The number of amides is 1. The fourth-order valence-electron chi connectivity index (χ4n) is 1.52. The molecule has 6 heteroatoms. The van der Waals surface area contributed by atoms with Gasteiger partial charge in [0.05, 0.1) is 20.3 Å². The van der Waals surface area contributed by atoms with Gasteiger partial charge in [0.25, 0.3) is 5.91 Å². The van der Waals surface area contributed by atoms with Crippen LogP contribution in [-0.4, -0.2) is 63.4 Å². The largest absolute Gasteiger partial charge is 0.504 e. The number of likely N-dealkylation sites (N-methyl/N-ethyl adjacent to an activating group) is 1. The van der Waals surface area contributed by atoms with Crippen LogP contribution in [0.5, 0.6) is 11.5 Å². The summed E-state index contributed by atoms with van der Waals surface area (Å²) >= 11 is 0. The maximum Gasteiger partial charge on any atom is 0.251 e. The van der Waals surface area contributed by atoms with Crippen LogP contribution >= 0.6 is 0 Å². The molecule has 112 valence electrons. The second-order valence-electron chi connectivity index (χ2n) is 4.56. The number of ether oxygens (including phenoxy) is 2. The van der Waals surface area contributed by atoms with E-state index in [4.69, 9.17) is 9.47 Å². The van der Waals surface area contributed by atoms with E-state index >= 15 is 0 Å². The van der Waals surface area contributed by atoms with Gasteiger partial charge in [0.2, 0.25) is 0 Å². The Morgan fingerprint density at radius 2 is 2.10 bits per heavy atom. The van der Waals surface area contributed by atoms with Gasteiger partial charge in [0.15, 0.2) is 11.5 Å². The van der Waals surface area contributed by atoms with E-state index in [1.165, 1.54) is 13.2 Å². The van der Waals surface area contributed by atoms with Crippen molar-refractivity contribution in [2.75, 3.05) is 47.5 Å². The van der Waals surface area contributed by atoms with Gasteiger partial charge in [0.1, 0.15) is 0 Å². The molecule has 0 heterocycles. The van der Waals surface area contributed by atoms with Crippen molar-refractivity contribution < 1.29 is 19.4 Å². The lowest BCUT2D eigenvalue weighted by Crippen LogP contribution is -2.28. The highest BCUT2D eigenvalue weighted by atomic mass is 16.5. The Hall–Kier alpha value is -1.79. The van der Waals surface area contributed by atoms with Gasteiger partial charge in [-0.1, -0.05) is 0 Å². The number of benzene rings is 1. The van der Waals surface area contributed by atoms with Crippen LogP contribution in [0.4, 0.5) is 0 Å². The van der Waals surface area contributed by atoms with Crippen LogP contribution < -0.4 is 10.1 Å². The Bertz CT molecular complexity index is 435. The minimum Gasteiger partial charge on any atom is -0.504 e. The molecule has 0 aromatic heterocycles. The van der Waals surface area contributed by atoms with Gasteiger partial charge in [0, 0.05) is 18.7 Å². The van der Waals surface area contributed by atoms with E-state index in [1.54, 1.807) is 12.1 Å². The van der Waals surface area contributed by atoms with Crippen molar-refractivity contribution in [1.82, 2.24) is 10.2 Å². The smallest absolute Gasteiger partial charge is 0.251 e. The van der Waals surface area contributed by atoms with Gasteiger partial charge in [-0.3, -0.25) is 4.79 Å². The summed E-state index contributed by atoms with van der Waals surface area (Å²) in [6.45, 7) is 2.37. The van der Waals surface area contributed by atoms with E-state index in [9.17, 15) is 9.90 Å². The highest BCUT2D eigenvalue weighted by Gasteiger charge is 2.08.